The molecule has 0 radical (unpaired) electrons. The van der Waals surface area contributed by atoms with E-state index >= 15 is 0 Å². The molecule has 0 bridgehead atoms. The van der Waals surface area contributed by atoms with Gasteiger partial charge in [0.25, 0.3) is 0 Å². The molecular weight excluding hydrogens is 248 g/mol. The molecule has 1 aromatic carbocycles. The van der Waals surface area contributed by atoms with Gasteiger partial charge in [0.1, 0.15) is 0 Å². The summed E-state index contributed by atoms with van der Waals surface area (Å²) in [7, 11) is -1.02. The quantitative estimate of drug-likeness (QED) is 0.868. The fraction of sp³-hybridized carbons (Fsp3) is 0.462. The number of carbonyl (C=O) groups is 1. The van der Waals surface area contributed by atoms with Crippen LogP contribution in [0.2, 0.25) is 0 Å². The molecule has 0 aliphatic carbocycles. The third-order valence-corrected chi connectivity index (χ3v) is 4.06. The number of nitrogens with one attached hydrogen (secondary N) is 2. The van der Waals surface area contributed by atoms with Crippen LogP contribution in [-0.4, -0.2) is 29.5 Å². The van der Waals surface area contributed by atoms with E-state index in [-0.39, 0.29) is 11.8 Å². The Hall–Kier alpha value is -1.20. The molecule has 98 valence electrons. The lowest BCUT2D eigenvalue weighted by molar-refractivity contribution is -0.120. The Labute approximate surface area is 110 Å². The molecule has 1 aliphatic heterocycles. The van der Waals surface area contributed by atoms with Crippen molar-refractivity contribution in [1.82, 2.24) is 5.32 Å². The molecule has 18 heavy (non-hydrogen) atoms. The summed E-state index contributed by atoms with van der Waals surface area (Å²) in [4.78, 5) is 12.8. The Kier molecular flexibility index (Phi) is 4.49. The van der Waals surface area contributed by atoms with Crippen LogP contribution in [0.15, 0.2) is 29.2 Å². The molecule has 0 saturated carbocycles. The van der Waals surface area contributed by atoms with E-state index in [4.69, 9.17) is 0 Å². The Morgan fingerprint density at radius 3 is 2.78 bits per heavy atom. The van der Waals surface area contributed by atoms with Crippen molar-refractivity contribution in [2.45, 2.75) is 17.7 Å². The van der Waals surface area contributed by atoms with Crippen LogP contribution in [-0.2, 0) is 15.6 Å². The molecule has 1 atom stereocenters. The standard InChI is InChI=1S/C13H18N2O2S/c1-18(17)12-4-2-3-11(9-12)15-13(16)10-5-7-14-8-6-10/h2-4,9-10,14H,5-8H2,1H3,(H,15,16). The monoisotopic (exact) mass is 266 g/mol. The molecule has 0 aromatic heterocycles. The Morgan fingerprint density at radius 2 is 2.11 bits per heavy atom. The van der Waals surface area contributed by atoms with Crippen LogP contribution in [0.1, 0.15) is 12.8 Å². The van der Waals surface area contributed by atoms with E-state index in [1.165, 1.54) is 0 Å². The van der Waals surface area contributed by atoms with Gasteiger partial charge in [-0.25, -0.2) is 0 Å². The Bertz CT molecular complexity index is 456. The molecule has 0 spiro atoms. The van der Waals surface area contributed by atoms with Gasteiger partial charge >= 0.3 is 0 Å². The first-order valence-corrected chi connectivity index (χ1v) is 7.67. The predicted octanol–water partition coefficient (Wildman–Crippen LogP) is 1.36. The van der Waals surface area contributed by atoms with E-state index in [1.807, 2.05) is 12.1 Å². The van der Waals surface area contributed by atoms with Crippen molar-refractivity contribution >= 4 is 22.4 Å². The first-order valence-electron chi connectivity index (χ1n) is 6.12. The van der Waals surface area contributed by atoms with Gasteiger partial charge in [0.05, 0.1) is 0 Å². The maximum atomic E-state index is 12.0. The maximum Gasteiger partial charge on any atom is 0.227 e. The number of anilines is 1. The molecule has 1 aliphatic rings. The number of amides is 1. The zero-order valence-corrected chi connectivity index (χ0v) is 11.3. The molecule has 1 fully saturated rings. The SMILES string of the molecule is CS(=O)c1cccc(NC(=O)C2CCNCC2)c1. The van der Waals surface area contributed by atoms with E-state index in [2.05, 4.69) is 10.6 Å². The van der Waals surface area contributed by atoms with Crippen molar-refractivity contribution in [2.24, 2.45) is 5.92 Å². The van der Waals surface area contributed by atoms with Gasteiger partial charge in [-0.2, -0.15) is 0 Å². The molecule has 1 amide bonds. The highest BCUT2D eigenvalue weighted by Crippen LogP contribution is 2.17. The summed E-state index contributed by atoms with van der Waals surface area (Å²) in [6.45, 7) is 1.80. The first-order chi connectivity index (χ1) is 8.66. The smallest absolute Gasteiger partial charge is 0.227 e. The summed E-state index contributed by atoms with van der Waals surface area (Å²) in [6.07, 6.45) is 3.39. The molecule has 5 heteroatoms. The van der Waals surface area contributed by atoms with Crippen molar-refractivity contribution in [3.63, 3.8) is 0 Å². The van der Waals surface area contributed by atoms with Crippen LogP contribution in [0, 0.1) is 5.92 Å². The van der Waals surface area contributed by atoms with E-state index < -0.39 is 10.8 Å². The molecule has 2 rings (SSSR count). The molecule has 1 heterocycles. The summed E-state index contributed by atoms with van der Waals surface area (Å²) >= 11 is 0. The third-order valence-electron chi connectivity index (χ3n) is 3.14. The Morgan fingerprint density at radius 1 is 1.39 bits per heavy atom. The summed E-state index contributed by atoms with van der Waals surface area (Å²) in [5, 5.41) is 6.14. The van der Waals surface area contributed by atoms with E-state index in [9.17, 15) is 9.00 Å². The number of rotatable bonds is 3. The number of carbonyl (C=O) groups excluding carboxylic acids is 1. The minimum atomic E-state index is -1.02. The van der Waals surface area contributed by atoms with Crippen molar-refractivity contribution in [2.75, 3.05) is 24.7 Å². The molecule has 2 N–H and O–H groups in total. The van der Waals surface area contributed by atoms with Crippen molar-refractivity contribution < 1.29 is 9.00 Å². The van der Waals surface area contributed by atoms with Gasteiger partial charge in [-0.05, 0) is 44.1 Å². The van der Waals surface area contributed by atoms with Crippen LogP contribution in [0.25, 0.3) is 0 Å². The molecular formula is C13H18N2O2S. The summed E-state index contributed by atoms with van der Waals surface area (Å²) in [5.41, 5.74) is 0.728. The van der Waals surface area contributed by atoms with Gasteiger partial charge < -0.3 is 10.6 Å². The number of benzene rings is 1. The topological polar surface area (TPSA) is 58.2 Å². The third kappa shape index (κ3) is 3.40. The van der Waals surface area contributed by atoms with E-state index in [0.29, 0.717) is 0 Å². The highest BCUT2D eigenvalue weighted by molar-refractivity contribution is 7.84. The minimum Gasteiger partial charge on any atom is -0.326 e. The van der Waals surface area contributed by atoms with Gasteiger partial charge in [0, 0.05) is 33.6 Å². The largest absolute Gasteiger partial charge is 0.326 e. The molecule has 1 saturated heterocycles. The molecule has 1 aromatic rings. The fourth-order valence-electron chi connectivity index (χ4n) is 2.08. The van der Waals surface area contributed by atoms with Crippen molar-refractivity contribution in [3.05, 3.63) is 24.3 Å². The average Bonchev–Trinajstić information content (AvgIpc) is 2.40. The second kappa shape index (κ2) is 6.11. The normalized spacial score (nSPS) is 18.3. The first kappa shape index (κ1) is 13.2. The second-order valence-electron chi connectivity index (χ2n) is 4.50. The number of piperidine rings is 1. The average molecular weight is 266 g/mol. The highest BCUT2D eigenvalue weighted by atomic mass is 32.2. The van der Waals surface area contributed by atoms with Crippen LogP contribution in [0.4, 0.5) is 5.69 Å². The predicted molar refractivity (Wildman–Crippen MR) is 73.0 cm³/mol. The summed E-state index contributed by atoms with van der Waals surface area (Å²) in [6, 6.07) is 7.22. The zero-order chi connectivity index (χ0) is 13.0. The van der Waals surface area contributed by atoms with Gasteiger partial charge in [0.15, 0.2) is 0 Å². The van der Waals surface area contributed by atoms with Gasteiger partial charge in [0.2, 0.25) is 5.91 Å². The van der Waals surface area contributed by atoms with Crippen LogP contribution < -0.4 is 10.6 Å². The number of hydrogen-bond acceptors (Lipinski definition) is 3. The number of hydrogen-bond donors (Lipinski definition) is 2. The summed E-state index contributed by atoms with van der Waals surface area (Å²) < 4.78 is 11.4. The van der Waals surface area contributed by atoms with Crippen molar-refractivity contribution in [3.8, 4) is 0 Å². The van der Waals surface area contributed by atoms with Gasteiger partial charge in [-0.15, -0.1) is 0 Å². The highest BCUT2D eigenvalue weighted by Gasteiger charge is 2.20. The van der Waals surface area contributed by atoms with Gasteiger partial charge in [-0.1, -0.05) is 6.07 Å². The second-order valence-corrected chi connectivity index (χ2v) is 5.88. The summed E-state index contributed by atoms with van der Waals surface area (Å²) in [5.74, 6) is 0.151. The molecule has 4 nitrogen and oxygen atoms in total. The molecule has 1 unspecified atom stereocenters. The van der Waals surface area contributed by atoms with Gasteiger partial charge in [-0.3, -0.25) is 9.00 Å². The lowest BCUT2D eigenvalue weighted by Gasteiger charge is -2.21. The Balaban J connectivity index is 2.02. The lowest BCUT2D eigenvalue weighted by atomic mass is 9.97. The maximum absolute atomic E-state index is 12.0. The van der Waals surface area contributed by atoms with Crippen LogP contribution in [0.3, 0.4) is 0 Å². The van der Waals surface area contributed by atoms with Crippen LogP contribution in [0.5, 0.6) is 0 Å². The zero-order valence-electron chi connectivity index (χ0n) is 10.4. The van der Waals surface area contributed by atoms with E-state index in [1.54, 1.807) is 18.4 Å². The van der Waals surface area contributed by atoms with Crippen LogP contribution >= 0.6 is 0 Å². The fourth-order valence-corrected chi connectivity index (χ4v) is 2.64. The van der Waals surface area contributed by atoms with Crippen molar-refractivity contribution in [1.29, 1.82) is 0 Å². The van der Waals surface area contributed by atoms with E-state index in [0.717, 1.165) is 36.5 Å². The lowest BCUT2D eigenvalue weighted by Crippen LogP contribution is -2.34. The minimum absolute atomic E-state index is 0.0653.